The van der Waals surface area contributed by atoms with Crippen molar-refractivity contribution in [2.45, 2.75) is 51.9 Å². The van der Waals surface area contributed by atoms with E-state index in [-0.39, 0.29) is 11.8 Å². The predicted molar refractivity (Wildman–Crippen MR) is 92.2 cm³/mol. The zero-order chi connectivity index (χ0) is 16.2. The molecule has 2 N–H and O–H groups in total. The lowest BCUT2D eigenvalue weighted by molar-refractivity contribution is -0.122. The molecule has 4 nitrogen and oxygen atoms in total. The molecule has 0 fully saturated rings. The molecule has 124 valence electrons. The van der Waals surface area contributed by atoms with Gasteiger partial charge in [0.1, 0.15) is 0 Å². The van der Waals surface area contributed by atoms with E-state index >= 15 is 0 Å². The number of thiophene rings is 1. The van der Waals surface area contributed by atoms with E-state index in [2.05, 4.69) is 29.9 Å². The van der Waals surface area contributed by atoms with Crippen molar-refractivity contribution in [1.82, 2.24) is 10.9 Å². The van der Waals surface area contributed by atoms with Crippen molar-refractivity contribution < 1.29 is 9.59 Å². The fourth-order valence-corrected chi connectivity index (χ4v) is 4.51. The van der Waals surface area contributed by atoms with Gasteiger partial charge in [0.05, 0.1) is 4.88 Å². The molecular formula is C18H24N2O2S. The van der Waals surface area contributed by atoms with Crippen molar-refractivity contribution >= 4 is 23.2 Å². The Morgan fingerprint density at radius 3 is 2.91 bits per heavy atom. The smallest absolute Gasteiger partial charge is 0.273 e. The predicted octanol–water partition coefficient (Wildman–Crippen LogP) is 3.38. The average molecular weight is 332 g/mol. The van der Waals surface area contributed by atoms with E-state index in [0.29, 0.717) is 17.2 Å². The number of allylic oxidation sites excluding steroid dienone is 2. The highest BCUT2D eigenvalue weighted by Gasteiger charge is 2.22. The topological polar surface area (TPSA) is 58.2 Å². The number of amides is 2. The van der Waals surface area contributed by atoms with Gasteiger partial charge in [0.15, 0.2) is 0 Å². The lowest BCUT2D eigenvalue weighted by Crippen LogP contribution is -2.41. The summed E-state index contributed by atoms with van der Waals surface area (Å²) in [5.74, 6) is 0.731. The summed E-state index contributed by atoms with van der Waals surface area (Å²) in [6.07, 6.45) is 11.3. The molecule has 3 rings (SSSR count). The van der Waals surface area contributed by atoms with Crippen molar-refractivity contribution in [2.75, 3.05) is 0 Å². The Hall–Kier alpha value is -1.62. The molecule has 0 bridgehead atoms. The highest BCUT2D eigenvalue weighted by atomic mass is 32.1. The second kappa shape index (κ2) is 7.30. The van der Waals surface area contributed by atoms with E-state index in [1.165, 1.54) is 23.3 Å². The third kappa shape index (κ3) is 4.02. The third-order valence-electron chi connectivity index (χ3n) is 4.86. The van der Waals surface area contributed by atoms with Gasteiger partial charge in [-0.25, -0.2) is 0 Å². The van der Waals surface area contributed by atoms with E-state index in [1.54, 1.807) is 11.3 Å². The maximum Gasteiger partial charge on any atom is 0.279 e. The van der Waals surface area contributed by atoms with Gasteiger partial charge in [0.25, 0.3) is 5.91 Å². The van der Waals surface area contributed by atoms with Crippen LogP contribution < -0.4 is 10.9 Å². The number of carbonyl (C=O) groups excluding carboxylic acids is 2. The minimum Gasteiger partial charge on any atom is -0.273 e. The molecule has 1 aromatic rings. The first-order valence-corrected chi connectivity index (χ1v) is 9.34. The van der Waals surface area contributed by atoms with Crippen molar-refractivity contribution in [3.05, 3.63) is 33.5 Å². The summed E-state index contributed by atoms with van der Waals surface area (Å²) < 4.78 is 0. The average Bonchev–Trinajstić information content (AvgIpc) is 3.20. The van der Waals surface area contributed by atoms with Gasteiger partial charge in [-0.05, 0) is 55.6 Å². The monoisotopic (exact) mass is 332 g/mol. The number of aryl methyl sites for hydroxylation is 1. The second-order valence-corrected chi connectivity index (χ2v) is 7.68. The van der Waals surface area contributed by atoms with Crippen LogP contribution in [0.15, 0.2) is 18.2 Å². The van der Waals surface area contributed by atoms with Gasteiger partial charge in [0, 0.05) is 11.3 Å². The molecule has 0 unspecified atom stereocenters. The zero-order valence-electron chi connectivity index (χ0n) is 13.6. The molecule has 5 heteroatoms. The van der Waals surface area contributed by atoms with Gasteiger partial charge in [-0.15, -0.1) is 11.3 Å². The van der Waals surface area contributed by atoms with Gasteiger partial charge in [0.2, 0.25) is 5.91 Å². The van der Waals surface area contributed by atoms with E-state index in [0.717, 1.165) is 31.6 Å². The van der Waals surface area contributed by atoms with Gasteiger partial charge >= 0.3 is 0 Å². The third-order valence-corrected chi connectivity index (χ3v) is 6.10. The molecule has 0 radical (unpaired) electrons. The normalized spacial score (nSPS) is 22.7. The molecule has 23 heavy (non-hydrogen) atoms. The van der Waals surface area contributed by atoms with E-state index in [1.807, 2.05) is 6.07 Å². The number of hydrogen-bond donors (Lipinski definition) is 2. The number of hydrogen-bond acceptors (Lipinski definition) is 3. The lowest BCUT2D eigenvalue weighted by atomic mass is 9.87. The number of nitrogens with one attached hydrogen (secondary N) is 2. The highest BCUT2D eigenvalue weighted by Crippen LogP contribution is 2.33. The number of hydrazine groups is 1. The van der Waals surface area contributed by atoms with Crippen LogP contribution in [0.4, 0.5) is 0 Å². The van der Waals surface area contributed by atoms with Gasteiger partial charge in [-0.1, -0.05) is 25.5 Å². The van der Waals surface area contributed by atoms with Gasteiger partial charge in [-0.2, -0.15) is 0 Å². The zero-order valence-corrected chi connectivity index (χ0v) is 14.4. The molecule has 2 aliphatic rings. The Morgan fingerprint density at radius 2 is 2.17 bits per heavy atom. The van der Waals surface area contributed by atoms with Crippen molar-refractivity contribution in [1.29, 1.82) is 0 Å². The molecule has 0 saturated carbocycles. The van der Waals surface area contributed by atoms with Gasteiger partial charge in [-0.3, -0.25) is 20.4 Å². The molecule has 1 aromatic heterocycles. The molecule has 1 heterocycles. The maximum absolute atomic E-state index is 12.2. The van der Waals surface area contributed by atoms with Crippen LogP contribution in [-0.2, 0) is 17.6 Å². The largest absolute Gasteiger partial charge is 0.279 e. The fraction of sp³-hybridized carbons (Fsp3) is 0.556. The Balaban J connectivity index is 1.51. The minimum atomic E-state index is -0.201. The minimum absolute atomic E-state index is 0.123. The molecule has 0 aliphatic heterocycles. The Labute approximate surface area is 141 Å². The van der Waals surface area contributed by atoms with Crippen molar-refractivity contribution in [2.24, 2.45) is 11.8 Å². The summed E-state index contributed by atoms with van der Waals surface area (Å²) in [5, 5.41) is 0. The molecule has 2 aliphatic carbocycles. The van der Waals surface area contributed by atoms with Crippen LogP contribution in [0, 0.1) is 11.8 Å². The summed E-state index contributed by atoms with van der Waals surface area (Å²) in [7, 11) is 0. The Bertz CT molecular complexity index is 621. The summed E-state index contributed by atoms with van der Waals surface area (Å²) in [6, 6.07) is 2.00. The standard InChI is InChI=1S/C18H24N2O2S/c1-2-12-7-8-15-14(9-12)11-16(23-15)18(22)20-19-17(21)10-13-5-3-4-6-13/h3,5,11-13H,2,4,6-10H2,1H3,(H,19,21)(H,20,22)/t12-,13-/m1/s1. The number of rotatable bonds is 4. The molecule has 2 amide bonds. The summed E-state index contributed by atoms with van der Waals surface area (Å²) in [6.45, 7) is 2.23. The van der Waals surface area contributed by atoms with Crippen LogP contribution >= 0.6 is 11.3 Å². The molecular weight excluding hydrogens is 308 g/mol. The Morgan fingerprint density at radius 1 is 1.30 bits per heavy atom. The molecule has 0 saturated heterocycles. The van der Waals surface area contributed by atoms with E-state index in [9.17, 15) is 9.59 Å². The van der Waals surface area contributed by atoms with Crippen LogP contribution in [0.1, 0.15) is 59.1 Å². The summed E-state index contributed by atoms with van der Waals surface area (Å²) in [5.41, 5.74) is 6.42. The first-order chi connectivity index (χ1) is 11.2. The molecule has 2 atom stereocenters. The van der Waals surface area contributed by atoms with Gasteiger partial charge < -0.3 is 0 Å². The summed E-state index contributed by atoms with van der Waals surface area (Å²) in [4.78, 5) is 26.1. The van der Waals surface area contributed by atoms with E-state index < -0.39 is 0 Å². The van der Waals surface area contributed by atoms with Crippen LogP contribution in [-0.4, -0.2) is 11.8 Å². The number of carbonyl (C=O) groups is 2. The van der Waals surface area contributed by atoms with Crippen LogP contribution in [0.5, 0.6) is 0 Å². The molecule has 0 spiro atoms. The van der Waals surface area contributed by atoms with Crippen LogP contribution in [0.3, 0.4) is 0 Å². The highest BCUT2D eigenvalue weighted by molar-refractivity contribution is 7.14. The molecule has 0 aromatic carbocycles. The Kier molecular flexibility index (Phi) is 5.16. The first-order valence-electron chi connectivity index (χ1n) is 8.53. The van der Waals surface area contributed by atoms with E-state index in [4.69, 9.17) is 0 Å². The van der Waals surface area contributed by atoms with Crippen molar-refractivity contribution in [3.8, 4) is 0 Å². The lowest BCUT2D eigenvalue weighted by Gasteiger charge is -2.19. The second-order valence-electron chi connectivity index (χ2n) is 6.55. The fourth-order valence-electron chi connectivity index (χ4n) is 3.40. The quantitative estimate of drug-likeness (QED) is 0.656. The number of fused-ring (bicyclic) bond motifs is 1. The van der Waals surface area contributed by atoms with Crippen LogP contribution in [0.25, 0.3) is 0 Å². The first kappa shape index (κ1) is 16.2. The SMILES string of the molecule is CC[C@@H]1CCc2sc(C(=O)NNC(=O)C[C@@H]3C=CCC3)cc2C1. The summed E-state index contributed by atoms with van der Waals surface area (Å²) >= 11 is 1.57. The van der Waals surface area contributed by atoms with Crippen LogP contribution in [0.2, 0.25) is 0 Å². The van der Waals surface area contributed by atoms with Crippen molar-refractivity contribution in [3.63, 3.8) is 0 Å². The maximum atomic E-state index is 12.2.